The molecule has 3 aromatic rings. The first kappa shape index (κ1) is 15.1. The van der Waals surface area contributed by atoms with Gasteiger partial charge in [-0.2, -0.15) is 5.10 Å². The van der Waals surface area contributed by atoms with Gasteiger partial charge in [0.1, 0.15) is 0 Å². The molecule has 116 valence electrons. The Bertz CT molecular complexity index is 848. The van der Waals surface area contributed by atoms with Crippen LogP contribution in [-0.2, 0) is 6.54 Å². The Morgan fingerprint density at radius 1 is 1.13 bits per heavy atom. The SMILES string of the molecule is O=[N+]([O-])c1ccccc1Oc1ccnn1Cc1ccccc1Cl. The summed E-state index contributed by atoms with van der Waals surface area (Å²) < 4.78 is 7.26. The predicted octanol–water partition coefficient (Wildman–Crippen LogP) is 4.29. The minimum atomic E-state index is -0.482. The van der Waals surface area contributed by atoms with E-state index < -0.39 is 4.92 Å². The van der Waals surface area contributed by atoms with Gasteiger partial charge in [-0.3, -0.25) is 10.1 Å². The molecule has 0 aliphatic heterocycles. The molecular formula is C16H12ClN3O3. The molecule has 23 heavy (non-hydrogen) atoms. The number of benzene rings is 2. The van der Waals surface area contributed by atoms with E-state index in [4.69, 9.17) is 16.3 Å². The summed E-state index contributed by atoms with van der Waals surface area (Å²) in [6.07, 6.45) is 1.57. The molecule has 0 N–H and O–H groups in total. The van der Waals surface area contributed by atoms with E-state index in [1.54, 1.807) is 41.2 Å². The number of rotatable bonds is 5. The van der Waals surface area contributed by atoms with Crippen molar-refractivity contribution in [2.45, 2.75) is 6.54 Å². The summed E-state index contributed by atoms with van der Waals surface area (Å²) in [4.78, 5) is 10.6. The zero-order valence-electron chi connectivity index (χ0n) is 11.9. The first-order chi connectivity index (χ1) is 11.1. The third-order valence-corrected chi connectivity index (χ3v) is 3.60. The molecule has 0 atom stereocenters. The smallest absolute Gasteiger partial charge is 0.311 e. The molecule has 1 heterocycles. The van der Waals surface area contributed by atoms with E-state index in [9.17, 15) is 10.1 Å². The normalized spacial score (nSPS) is 10.5. The van der Waals surface area contributed by atoms with Gasteiger partial charge in [0.15, 0.2) is 0 Å². The van der Waals surface area contributed by atoms with Crippen molar-refractivity contribution in [1.29, 1.82) is 0 Å². The zero-order valence-corrected chi connectivity index (χ0v) is 12.7. The Balaban J connectivity index is 1.88. The average Bonchev–Trinajstić information content (AvgIpc) is 2.97. The first-order valence-corrected chi connectivity index (χ1v) is 7.19. The van der Waals surface area contributed by atoms with Gasteiger partial charge in [-0.25, -0.2) is 4.68 Å². The van der Waals surface area contributed by atoms with Crippen LogP contribution in [-0.4, -0.2) is 14.7 Å². The van der Waals surface area contributed by atoms with E-state index in [1.165, 1.54) is 6.07 Å². The predicted molar refractivity (Wildman–Crippen MR) is 86.0 cm³/mol. The molecule has 0 fully saturated rings. The maximum atomic E-state index is 11.1. The van der Waals surface area contributed by atoms with Gasteiger partial charge in [-0.1, -0.05) is 41.9 Å². The largest absolute Gasteiger partial charge is 0.432 e. The summed E-state index contributed by atoms with van der Waals surface area (Å²) in [6, 6.07) is 15.3. The number of hydrogen-bond donors (Lipinski definition) is 0. The third-order valence-electron chi connectivity index (χ3n) is 3.23. The van der Waals surface area contributed by atoms with Crippen LogP contribution >= 0.6 is 11.6 Å². The van der Waals surface area contributed by atoms with Crippen molar-refractivity contribution >= 4 is 17.3 Å². The highest BCUT2D eigenvalue weighted by Gasteiger charge is 2.16. The van der Waals surface area contributed by atoms with E-state index in [0.717, 1.165) is 5.56 Å². The molecule has 2 aromatic carbocycles. The van der Waals surface area contributed by atoms with Gasteiger partial charge in [-0.05, 0) is 17.7 Å². The van der Waals surface area contributed by atoms with Gasteiger partial charge in [-0.15, -0.1) is 0 Å². The molecule has 0 spiro atoms. The van der Waals surface area contributed by atoms with Gasteiger partial charge < -0.3 is 4.74 Å². The molecule has 0 saturated heterocycles. The molecule has 7 heteroatoms. The van der Waals surface area contributed by atoms with E-state index in [2.05, 4.69) is 5.10 Å². The van der Waals surface area contributed by atoms with E-state index >= 15 is 0 Å². The molecule has 0 radical (unpaired) electrons. The second-order valence-electron chi connectivity index (χ2n) is 4.75. The van der Waals surface area contributed by atoms with Crippen LogP contribution in [0.15, 0.2) is 60.8 Å². The van der Waals surface area contributed by atoms with Gasteiger partial charge in [0.05, 0.1) is 17.7 Å². The molecule has 0 unspecified atom stereocenters. The maximum absolute atomic E-state index is 11.1. The van der Waals surface area contributed by atoms with Crippen molar-refractivity contribution in [2.24, 2.45) is 0 Å². The quantitative estimate of drug-likeness (QED) is 0.517. The van der Waals surface area contributed by atoms with Crippen LogP contribution in [0.4, 0.5) is 5.69 Å². The van der Waals surface area contributed by atoms with Crippen molar-refractivity contribution in [2.75, 3.05) is 0 Å². The molecular weight excluding hydrogens is 318 g/mol. The van der Waals surface area contributed by atoms with Crippen molar-refractivity contribution in [3.8, 4) is 11.6 Å². The minimum absolute atomic E-state index is 0.0991. The van der Waals surface area contributed by atoms with Crippen LogP contribution in [0.1, 0.15) is 5.56 Å². The van der Waals surface area contributed by atoms with E-state index in [1.807, 2.05) is 18.2 Å². The van der Waals surface area contributed by atoms with E-state index in [0.29, 0.717) is 17.4 Å². The number of hydrogen-bond acceptors (Lipinski definition) is 4. The molecule has 0 aliphatic rings. The van der Waals surface area contributed by atoms with Gasteiger partial charge in [0.2, 0.25) is 11.6 Å². The van der Waals surface area contributed by atoms with Crippen LogP contribution in [0.5, 0.6) is 11.6 Å². The maximum Gasteiger partial charge on any atom is 0.311 e. The van der Waals surface area contributed by atoms with Crippen LogP contribution < -0.4 is 4.74 Å². The summed E-state index contributed by atoms with van der Waals surface area (Å²) >= 11 is 6.15. The highest BCUT2D eigenvalue weighted by molar-refractivity contribution is 6.31. The van der Waals surface area contributed by atoms with Crippen LogP contribution in [0, 0.1) is 10.1 Å². The van der Waals surface area contributed by atoms with Gasteiger partial charge in [0.25, 0.3) is 0 Å². The van der Waals surface area contributed by atoms with Crippen molar-refractivity contribution in [3.63, 3.8) is 0 Å². The van der Waals surface area contributed by atoms with Crippen LogP contribution in [0.2, 0.25) is 5.02 Å². The lowest BCUT2D eigenvalue weighted by Gasteiger charge is -2.10. The van der Waals surface area contributed by atoms with Crippen molar-refractivity contribution in [1.82, 2.24) is 9.78 Å². The molecule has 6 nitrogen and oxygen atoms in total. The number of aromatic nitrogens is 2. The topological polar surface area (TPSA) is 70.2 Å². The average molecular weight is 330 g/mol. The molecule has 3 rings (SSSR count). The molecule has 0 bridgehead atoms. The number of para-hydroxylation sites is 2. The Morgan fingerprint density at radius 3 is 2.65 bits per heavy atom. The molecule has 0 amide bonds. The van der Waals surface area contributed by atoms with Crippen LogP contribution in [0.3, 0.4) is 0 Å². The number of nitro benzene ring substituents is 1. The number of nitro groups is 1. The lowest BCUT2D eigenvalue weighted by Crippen LogP contribution is -2.04. The highest BCUT2D eigenvalue weighted by Crippen LogP contribution is 2.31. The second-order valence-corrected chi connectivity index (χ2v) is 5.15. The minimum Gasteiger partial charge on any atom is -0.432 e. The monoisotopic (exact) mass is 329 g/mol. The Labute approximate surface area is 137 Å². The lowest BCUT2D eigenvalue weighted by molar-refractivity contribution is -0.385. The van der Waals surface area contributed by atoms with Crippen LogP contribution in [0.25, 0.3) is 0 Å². The second kappa shape index (κ2) is 6.50. The Kier molecular flexibility index (Phi) is 4.25. The van der Waals surface area contributed by atoms with Gasteiger partial charge in [0, 0.05) is 17.2 Å². The fraction of sp³-hybridized carbons (Fsp3) is 0.0625. The molecule has 0 aliphatic carbocycles. The number of nitrogens with zero attached hydrogens (tertiary/aromatic N) is 3. The fourth-order valence-corrected chi connectivity index (χ4v) is 2.32. The standard InChI is InChI=1S/C16H12ClN3O3/c17-13-6-2-1-5-12(13)11-19-16(9-10-18-19)23-15-8-4-3-7-14(15)20(21)22/h1-10H,11H2. The summed E-state index contributed by atoms with van der Waals surface area (Å²) in [6.45, 7) is 0.405. The zero-order chi connectivity index (χ0) is 16.2. The number of halogens is 1. The highest BCUT2D eigenvalue weighted by atomic mass is 35.5. The first-order valence-electron chi connectivity index (χ1n) is 6.81. The van der Waals surface area contributed by atoms with Crippen molar-refractivity contribution < 1.29 is 9.66 Å². The third kappa shape index (κ3) is 3.32. The summed E-state index contributed by atoms with van der Waals surface area (Å²) in [5.74, 6) is 0.567. The summed E-state index contributed by atoms with van der Waals surface area (Å²) in [5.41, 5.74) is 0.781. The summed E-state index contributed by atoms with van der Waals surface area (Å²) in [7, 11) is 0. The fourth-order valence-electron chi connectivity index (χ4n) is 2.12. The van der Waals surface area contributed by atoms with E-state index in [-0.39, 0.29) is 11.4 Å². The molecule has 1 aromatic heterocycles. The lowest BCUT2D eigenvalue weighted by atomic mass is 10.2. The Morgan fingerprint density at radius 2 is 1.87 bits per heavy atom. The molecule has 0 saturated carbocycles. The summed E-state index contributed by atoms with van der Waals surface area (Å²) in [5, 5.41) is 15.9. The Hall–Kier alpha value is -2.86. The van der Waals surface area contributed by atoms with Gasteiger partial charge >= 0.3 is 5.69 Å². The number of ether oxygens (including phenoxy) is 1. The van der Waals surface area contributed by atoms with Crippen molar-refractivity contribution in [3.05, 3.63) is 81.5 Å².